The number of benzene rings is 1. The molecule has 0 radical (unpaired) electrons. The number of H-pyrrole nitrogens is 1. The summed E-state index contributed by atoms with van der Waals surface area (Å²) >= 11 is 1.59. The van der Waals surface area contributed by atoms with Gasteiger partial charge in [0.1, 0.15) is 6.73 Å². The van der Waals surface area contributed by atoms with Gasteiger partial charge in [-0.25, -0.2) is 4.79 Å². The number of nitrogens with one attached hydrogen (secondary N) is 2. The Labute approximate surface area is 139 Å². The maximum absolute atomic E-state index is 11.5. The molecule has 0 atom stereocenters. The first-order chi connectivity index (χ1) is 11.0. The predicted octanol–water partition coefficient (Wildman–Crippen LogP) is 1.98. The predicted molar refractivity (Wildman–Crippen MR) is 91.4 cm³/mol. The van der Waals surface area contributed by atoms with Gasteiger partial charge in [-0.2, -0.15) is 0 Å². The van der Waals surface area contributed by atoms with E-state index in [1.807, 2.05) is 30.3 Å². The minimum atomic E-state index is -0.463. The van der Waals surface area contributed by atoms with Crippen LogP contribution in [0.4, 0.5) is 0 Å². The molecule has 0 saturated carbocycles. The van der Waals surface area contributed by atoms with E-state index in [9.17, 15) is 9.59 Å². The molecular weight excluding hydrogens is 314 g/mol. The van der Waals surface area contributed by atoms with Crippen molar-refractivity contribution in [1.29, 1.82) is 0 Å². The molecule has 2 N–H and O–H groups in total. The van der Waals surface area contributed by atoms with Crippen molar-refractivity contribution < 1.29 is 4.74 Å². The molecule has 0 aliphatic carbocycles. The van der Waals surface area contributed by atoms with E-state index in [0.717, 1.165) is 11.3 Å². The second kappa shape index (κ2) is 8.14. The minimum Gasteiger partial charge on any atom is -0.361 e. The van der Waals surface area contributed by atoms with E-state index in [4.69, 9.17) is 4.74 Å². The van der Waals surface area contributed by atoms with Crippen LogP contribution in [0.25, 0.3) is 0 Å². The van der Waals surface area contributed by atoms with Gasteiger partial charge in [0.25, 0.3) is 5.56 Å². The summed E-state index contributed by atoms with van der Waals surface area (Å²) in [6.45, 7) is 4.81. The highest BCUT2D eigenvalue weighted by molar-refractivity contribution is 7.97. The topological polar surface area (TPSA) is 76.1 Å². The van der Waals surface area contributed by atoms with Crippen LogP contribution in [0.2, 0.25) is 0 Å². The van der Waals surface area contributed by atoms with E-state index >= 15 is 0 Å². The summed E-state index contributed by atoms with van der Waals surface area (Å²) < 4.78 is 10.3. The van der Waals surface area contributed by atoms with Gasteiger partial charge in [0, 0.05) is 22.7 Å². The van der Waals surface area contributed by atoms with E-state index in [1.54, 1.807) is 11.9 Å². The smallest absolute Gasteiger partial charge is 0.330 e. The van der Waals surface area contributed by atoms with E-state index in [2.05, 4.69) is 23.6 Å². The quantitative estimate of drug-likeness (QED) is 0.570. The van der Waals surface area contributed by atoms with Crippen LogP contribution in [0, 0.1) is 0 Å². The molecule has 0 spiro atoms. The number of hydrogen-bond donors (Lipinski definition) is 2. The molecule has 7 heteroatoms. The summed E-state index contributed by atoms with van der Waals surface area (Å²) in [5.74, 6) is 0. The second-order valence-electron chi connectivity index (χ2n) is 5.77. The van der Waals surface area contributed by atoms with Gasteiger partial charge in [-0.1, -0.05) is 18.2 Å². The summed E-state index contributed by atoms with van der Waals surface area (Å²) in [7, 11) is 0. The molecule has 2 aromatic rings. The third-order valence-electron chi connectivity index (χ3n) is 3.19. The van der Waals surface area contributed by atoms with Crippen LogP contribution in [-0.2, 0) is 11.5 Å². The van der Waals surface area contributed by atoms with Crippen molar-refractivity contribution in [2.45, 2.75) is 37.4 Å². The molecular formula is C16H21N3O3S. The van der Waals surface area contributed by atoms with Crippen molar-refractivity contribution in [2.75, 3.05) is 6.61 Å². The lowest BCUT2D eigenvalue weighted by atomic mass is 10.0. The molecule has 0 amide bonds. The normalized spacial score (nSPS) is 11.6. The maximum atomic E-state index is 11.5. The summed E-state index contributed by atoms with van der Waals surface area (Å²) in [6, 6.07) is 11.4. The van der Waals surface area contributed by atoms with Crippen LogP contribution < -0.4 is 16.0 Å². The maximum Gasteiger partial charge on any atom is 0.330 e. The summed E-state index contributed by atoms with van der Waals surface area (Å²) in [4.78, 5) is 25.8. The molecule has 0 unspecified atom stereocenters. The molecule has 1 aromatic carbocycles. The zero-order valence-corrected chi connectivity index (χ0v) is 14.1. The van der Waals surface area contributed by atoms with Crippen LogP contribution in [0.5, 0.6) is 0 Å². The summed E-state index contributed by atoms with van der Waals surface area (Å²) in [5, 5.41) is 0. The highest BCUT2D eigenvalue weighted by Gasteiger charge is 2.17. The van der Waals surface area contributed by atoms with Gasteiger partial charge >= 0.3 is 5.69 Å². The Balaban J connectivity index is 1.74. The molecule has 0 aliphatic heterocycles. The average molecular weight is 335 g/mol. The van der Waals surface area contributed by atoms with Gasteiger partial charge in [-0.05, 0) is 44.3 Å². The van der Waals surface area contributed by atoms with Crippen LogP contribution in [0.3, 0.4) is 0 Å². The molecule has 2 rings (SSSR count). The molecule has 0 aliphatic rings. The minimum absolute atomic E-state index is 0.115. The fourth-order valence-corrected chi connectivity index (χ4v) is 2.56. The SMILES string of the molecule is CC(C)(CCOCn1ccc(=O)[nH]c1=O)NSc1ccccc1. The Morgan fingerprint density at radius 1 is 1.22 bits per heavy atom. The van der Waals surface area contributed by atoms with Gasteiger partial charge in [0.05, 0.1) is 6.61 Å². The van der Waals surface area contributed by atoms with Crippen LogP contribution in [-0.4, -0.2) is 21.7 Å². The first-order valence-corrected chi connectivity index (χ1v) is 8.14. The Hall–Kier alpha value is -1.83. The zero-order valence-electron chi connectivity index (χ0n) is 13.2. The lowest BCUT2D eigenvalue weighted by Crippen LogP contribution is -2.36. The van der Waals surface area contributed by atoms with Crippen molar-refractivity contribution in [1.82, 2.24) is 14.3 Å². The van der Waals surface area contributed by atoms with E-state index in [1.165, 1.54) is 16.8 Å². The van der Waals surface area contributed by atoms with Crippen LogP contribution in [0.15, 0.2) is 57.1 Å². The van der Waals surface area contributed by atoms with Crippen molar-refractivity contribution in [3.8, 4) is 0 Å². The summed E-state index contributed by atoms with van der Waals surface area (Å²) in [5.41, 5.74) is -0.986. The van der Waals surface area contributed by atoms with E-state index in [-0.39, 0.29) is 12.3 Å². The van der Waals surface area contributed by atoms with Gasteiger partial charge in [0.15, 0.2) is 0 Å². The third-order valence-corrected chi connectivity index (χ3v) is 4.35. The van der Waals surface area contributed by atoms with Crippen molar-refractivity contribution in [3.63, 3.8) is 0 Å². The van der Waals surface area contributed by atoms with Gasteiger partial charge in [-0.15, -0.1) is 0 Å². The van der Waals surface area contributed by atoms with Crippen molar-refractivity contribution >= 4 is 11.9 Å². The second-order valence-corrected chi connectivity index (χ2v) is 6.65. The third kappa shape index (κ3) is 6.05. The molecule has 124 valence electrons. The first kappa shape index (κ1) is 17.5. The van der Waals surface area contributed by atoms with Crippen molar-refractivity contribution in [2.24, 2.45) is 0 Å². The Bertz CT molecular complexity index is 725. The Kier molecular flexibility index (Phi) is 6.20. The average Bonchev–Trinajstić information content (AvgIpc) is 2.52. The zero-order chi connectivity index (χ0) is 16.7. The number of nitrogens with zero attached hydrogens (tertiary/aromatic N) is 1. The first-order valence-electron chi connectivity index (χ1n) is 7.33. The lowest BCUT2D eigenvalue weighted by molar-refractivity contribution is 0.0620. The van der Waals surface area contributed by atoms with Crippen molar-refractivity contribution in [3.05, 3.63) is 63.4 Å². The van der Waals surface area contributed by atoms with Gasteiger partial charge in [0.2, 0.25) is 0 Å². The highest BCUT2D eigenvalue weighted by atomic mass is 32.2. The number of ether oxygens (including phenoxy) is 1. The fraction of sp³-hybridized carbons (Fsp3) is 0.375. The lowest BCUT2D eigenvalue weighted by Gasteiger charge is -2.25. The monoisotopic (exact) mass is 335 g/mol. The molecule has 6 nitrogen and oxygen atoms in total. The molecule has 0 fully saturated rings. The highest BCUT2D eigenvalue weighted by Crippen LogP contribution is 2.19. The Morgan fingerprint density at radius 3 is 2.65 bits per heavy atom. The van der Waals surface area contributed by atoms with Crippen LogP contribution in [0.1, 0.15) is 20.3 Å². The number of rotatable bonds is 8. The van der Waals surface area contributed by atoms with Gasteiger partial charge in [-0.3, -0.25) is 19.1 Å². The molecule has 0 saturated heterocycles. The standard InChI is InChI=1S/C16H21N3O3S/c1-16(2,18-23-13-6-4-3-5-7-13)9-11-22-12-19-10-8-14(20)17-15(19)21/h3-8,10,18H,9,11-12H2,1-2H3,(H,17,20,21). The van der Waals surface area contributed by atoms with Crippen LogP contribution >= 0.6 is 11.9 Å². The molecule has 1 aromatic heterocycles. The summed E-state index contributed by atoms with van der Waals surface area (Å²) in [6.07, 6.45) is 2.21. The van der Waals surface area contributed by atoms with E-state index in [0.29, 0.717) is 6.61 Å². The fourth-order valence-electron chi connectivity index (χ4n) is 1.77. The largest absolute Gasteiger partial charge is 0.361 e. The molecule has 23 heavy (non-hydrogen) atoms. The van der Waals surface area contributed by atoms with Gasteiger partial charge < -0.3 is 4.74 Å². The van der Waals surface area contributed by atoms with E-state index < -0.39 is 11.2 Å². The number of aromatic nitrogens is 2. The number of aromatic amines is 1. The number of hydrogen-bond acceptors (Lipinski definition) is 5. The molecule has 0 bridgehead atoms. The molecule has 1 heterocycles. The Morgan fingerprint density at radius 2 is 1.96 bits per heavy atom.